The molecule has 2 rings (SSSR count). The third-order valence-corrected chi connectivity index (χ3v) is 1.96. The summed E-state index contributed by atoms with van der Waals surface area (Å²) in [5.74, 6) is 0. The monoisotopic (exact) mass is 176 g/mol. The van der Waals surface area contributed by atoms with Crippen LogP contribution in [-0.2, 0) is 0 Å². The number of likely N-dealkylation sites (N-methyl/N-ethyl adjacent to an activating group) is 1. The van der Waals surface area contributed by atoms with E-state index in [1.54, 1.807) is 10.9 Å². The molecule has 0 atom stereocenters. The molecule has 0 amide bonds. The molecule has 1 aliphatic rings. The van der Waals surface area contributed by atoms with Crippen molar-refractivity contribution in [3.8, 4) is 0 Å². The van der Waals surface area contributed by atoms with Crippen molar-refractivity contribution in [3.63, 3.8) is 0 Å². The zero-order valence-corrected chi connectivity index (χ0v) is 7.51. The van der Waals surface area contributed by atoms with Crippen LogP contribution in [0.4, 0.5) is 5.69 Å². The molecule has 0 saturated heterocycles. The smallest absolute Gasteiger partial charge is 0.0724 e. The Hall–Kier alpha value is -1.71. The summed E-state index contributed by atoms with van der Waals surface area (Å²) in [5, 5.41) is 4.12. The van der Waals surface area contributed by atoms with Gasteiger partial charge in [-0.05, 0) is 12.2 Å². The van der Waals surface area contributed by atoms with Crippen molar-refractivity contribution in [2.75, 3.05) is 19.3 Å². The van der Waals surface area contributed by atoms with Crippen LogP contribution in [0, 0.1) is 0 Å². The molecule has 4 nitrogen and oxygen atoms in total. The lowest BCUT2D eigenvalue weighted by Crippen LogP contribution is -2.15. The summed E-state index contributed by atoms with van der Waals surface area (Å²) in [6.45, 7) is 0.908. The molecule has 0 unspecified atom stereocenters. The van der Waals surface area contributed by atoms with Crippen LogP contribution in [0.2, 0.25) is 0 Å². The first-order valence-corrected chi connectivity index (χ1v) is 4.15. The van der Waals surface area contributed by atoms with Gasteiger partial charge in [-0.3, -0.25) is 0 Å². The van der Waals surface area contributed by atoms with Gasteiger partial charge in [-0.15, -0.1) is 0 Å². The van der Waals surface area contributed by atoms with Crippen LogP contribution in [0.25, 0.3) is 5.70 Å². The maximum Gasteiger partial charge on any atom is 0.0724 e. The molecule has 0 aliphatic carbocycles. The lowest BCUT2D eigenvalue weighted by molar-refractivity contribution is 0.504. The number of aromatic nitrogens is 2. The highest BCUT2D eigenvalue weighted by atomic mass is 15.3. The quantitative estimate of drug-likeness (QED) is 0.687. The maximum atomic E-state index is 5.57. The van der Waals surface area contributed by atoms with Crippen molar-refractivity contribution >= 4 is 11.4 Å². The Morgan fingerprint density at radius 1 is 1.54 bits per heavy atom. The van der Waals surface area contributed by atoms with Crippen LogP contribution >= 0.6 is 0 Å². The van der Waals surface area contributed by atoms with Gasteiger partial charge in [0.15, 0.2) is 0 Å². The van der Waals surface area contributed by atoms with Crippen molar-refractivity contribution in [1.82, 2.24) is 14.7 Å². The van der Waals surface area contributed by atoms with E-state index in [4.69, 9.17) is 5.73 Å². The third-order valence-electron chi connectivity index (χ3n) is 1.96. The van der Waals surface area contributed by atoms with Gasteiger partial charge in [-0.25, -0.2) is 4.68 Å². The summed E-state index contributed by atoms with van der Waals surface area (Å²) >= 11 is 0. The van der Waals surface area contributed by atoms with E-state index in [-0.39, 0.29) is 0 Å². The number of hydrogen-bond acceptors (Lipinski definition) is 3. The molecular formula is C9H12N4. The van der Waals surface area contributed by atoms with E-state index in [0.717, 1.165) is 12.2 Å². The molecular weight excluding hydrogens is 164 g/mol. The normalized spacial score (nSPS) is 16.1. The summed E-state index contributed by atoms with van der Waals surface area (Å²) in [4.78, 5) is 2.09. The van der Waals surface area contributed by atoms with Gasteiger partial charge >= 0.3 is 0 Å². The van der Waals surface area contributed by atoms with Crippen LogP contribution < -0.4 is 5.73 Å². The van der Waals surface area contributed by atoms with Crippen LogP contribution in [0.5, 0.6) is 0 Å². The Labute approximate surface area is 76.9 Å². The largest absolute Gasteiger partial charge is 0.396 e. The molecule has 0 radical (unpaired) electrons. The standard InChI is InChI=1S/C9H12N4/c1-12-4-2-9(3-5-12)13-7-8(10)6-11-13/h2-4,6-7H,5,10H2,1H3. The predicted octanol–water partition coefficient (Wildman–Crippen LogP) is 0.765. The molecule has 2 heterocycles. The van der Waals surface area contributed by atoms with Crippen LogP contribution in [0.3, 0.4) is 0 Å². The highest BCUT2D eigenvalue weighted by Gasteiger charge is 2.03. The zero-order chi connectivity index (χ0) is 9.26. The second-order valence-corrected chi connectivity index (χ2v) is 3.10. The van der Waals surface area contributed by atoms with Gasteiger partial charge < -0.3 is 10.6 Å². The van der Waals surface area contributed by atoms with Gasteiger partial charge in [-0.2, -0.15) is 5.10 Å². The molecule has 0 aromatic carbocycles. The van der Waals surface area contributed by atoms with Crippen molar-refractivity contribution in [2.45, 2.75) is 0 Å². The highest BCUT2D eigenvalue weighted by molar-refractivity contribution is 5.58. The van der Waals surface area contributed by atoms with Gasteiger partial charge in [0.2, 0.25) is 0 Å². The SMILES string of the molecule is CN1C=CC(n2cc(N)cn2)=CC1. The van der Waals surface area contributed by atoms with E-state index >= 15 is 0 Å². The number of hydrogen-bond donors (Lipinski definition) is 1. The fraction of sp³-hybridized carbons (Fsp3) is 0.222. The van der Waals surface area contributed by atoms with Crippen LogP contribution in [0.1, 0.15) is 0 Å². The number of anilines is 1. The Balaban J connectivity index is 2.24. The predicted molar refractivity (Wildman–Crippen MR) is 52.7 cm³/mol. The average molecular weight is 176 g/mol. The van der Waals surface area contributed by atoms with E-state index in [2.05, 4.69) is 16.1 Å². The Morgan fingerprint density at radius 3 is 2.92 bits per heavy atom. The van der Waals surface area contributed by atoms with Gasteiger partial charge in [0.1, 0.15) is 0 Å². The minimum atomic E-state index is 0.688. The summed E-state index contributed by atoms with van der Waals surface area (Å²) in [5.41, 5.74) is 7.32. The van der Waals surface area contributed by atoms with Crippen LogP contribution in [-0.4, -0.2) is 28.3 Å². The maximum absolute atomic E-state index is 5.57. The molecule has 13 heavy (non-hydrogen) atoms. The van der Waals surface area contributed by atoms with Gasteiger partial charge in [0.05, 0.1) is 23.8 Å². The number of nitrogens with zero attached hydrogens (tertiary/aromatic N) is 3. The van der Waals surface area contributed by atoms with Gasteiger partial charge in [0.25, 0.3) is 0 Å². The Bertz CT molecular complexity index is 361. The summed E-state index contributed by atoms with van der Waals surface area (Å²) in [6.07, 6.45) is 9.59. The first kappa shape index (κ1) is 7.91. The molecule has 1 aliphatic heterocycles. The molecule has 0 bridgehead atoms. The second kappa shape index (κ2) is 2.97. The molecule has 1 aromatic heterocycles. The second-order valence-electron chi connectivity index (χ2n) is 3.10. The minimum absolute atomic E-state index is 0.688. The first-order valence-electron chi connectivity index (χ1n) is 4.15. The molecule has 68 valence electrons. The van der Waals surface area contributed by atoms with Gasteiger partial charge in [-0.1, -0.05) is 0 Å². The summed E-state index contributed by atoms with van der Waals surface area (Å²) in [6, 6.07) is 0. The minimum Gasteiger partial charge on any atom is -0.396 e. The topological polar surface area (TPSA) is 47.1 Å². The zero-order valence-electron chi connectivity index (χ0n) is 7.51. The van der Waals surface area contributed by atoms with E-state index in [1.165, 1.54) is 0 Å². The van der Waals surface area contributed by atoms with E-state index in [9.17, 15) is 0 Å². The van der Waals surface area contributed by atoms with Gasteiger partial charge in [0, 0.05) is 19.8 Å². The molecule has 1 aromatic rings. The van der Waals surface area contributed by atoms with E-state index in [0.29, 0.717) is 5.69 Å². The van der Waals surface area contributed by atoms with E-state index in [1.807, 2.05) is 25.5 Å². The molecule has 0 fully saturated rings. The Morgan fingerprint density at radius 2 is 2.38 bits per heavy atom. The summed E-state index contributed by atoms with van der Waals surface area (Å²) in [7, 11) is 2.03. The fourth-order valence-corrected chi connectivity index (χ4v) is 1.22. The Kier molecular flexibility index (Phi) is 1.81. The van der Waals surface area contributed by atoms with Crippen molar-refractivity contribution in [2.24, 2.45) is 0 Å². The van der Waals surface area contributed by atoms with Crippen molar-refractivity contribution in [1.29, 1.82) is 0 Å². The number of rotatable bonds is 1. The molecule has 4 heteroatoms. The molecule has 0 spiro atoms. The number of allylic oxidation sites excluding steroid dienone is 2. The number of nitrogens with two attached hydrogens (primary N) is 1. The lowest BCUT2D eigenvalue weighted by atomic mass is 10.3. The lowest BCUT2D eigenvalue weighted by Gasteiger charge is -2.16. The highest BCUT2D eigenvalue weighted by Crippen LogP contribution is 2.12. The van der Waals surface area contributed by atoms with Crippen molar-refractivity contribution in [3.05, 3.63) is 30.7 Å². The first-order chi connectivity index (χ1) is 6.25. The van der Waals surface area contributed by atoms with Crippen LogP contribution in [0.15, 0.2) is 30.7 Å². The molecule has 2 N–H and O–H groups in total. The van der Waals surface area contributed by atoms with Crippen molar-refractivity contribution < 1.29 is 0 Å². The van der Waals surface area contributed by atoms with E-state index < -0.39 is 0 Å². The summed E-state index contributed by atoms with van der Waals surface area (Å²) < 4.78 is 1.78. The molecule has 0 saturated carbocycles. The number of nitrogen functional groups attached to an aromatic ring is 1. The third kappa shape index (κ3) is 1.56. The average Bonchev–Trinajstić information content (AvgIpc) is 2.53. The fourth-order valence-electron chi connectivity index (χ4n) is 1.22.